The topological polar surface area (TPSA) is 17.1 Å². The van der Waals surface area contributed by atoms with E-state index in [2.05, 4.69) is 0 Å². The van der Waals surface area contributed by atoms with Gasteiger partial charge in [0.25, 0.3) is 0 Å². The third-order valence-corrected chi connectivity index (χ3v) is 6.41. The maximum Gasteiger partial charge on any atom is 0.195 e. The third-order valence-electron chi connectivity index (χ3n) is 5.24. The first kappa shape index (κ1) is 23.4. The van der Waals surface area contributed by atoms with E-state index in [1.54, 1.807) is 25.1 Å². The zero-order valence-electron chi connectivity index (χ0n) is 17.0. The van der Waals surface area contributed by atoms with Crippen molar-refractivity contribution in [1.82, 2.24) is 0 Å². The van der Waals surface area contributed by atoms with Crippen LogP contribution in [0.15, 0.2) is 66.7 Å². The molecule has 0 unspecified atom stereocenters. The first-order valence-electron chi connectivity index (χ1n) is 9.72. The van der Waals surface area contributed by atoms with Crippen molar-refractivity contribution < 1.29 is 18.0 Å². The van der Waals surface area contributed by atoms with Crippen LogP contribution in [0.5, 0.6) is 0 Å². The molecular weight excluding hydrogens is 492 g/mol. The molecule has 0 saturated heterocycles. The van der Waals surface area contributed by atoms with Crippen LogP contribution in [-0.4, -0.2) is 5.78 Å². The number of rotatable bonds is 4. The Bertz CT molecular complexity index is 1320. The monoisotopic (exact) mass is 504 g/mol. The lowest BCUT2D eigenvalue weighted by atomic mass is 9.86. The van der Waals surface area contributed by atoms with Crippen LogP contribution in [0, 0.1) is 24.4 Å². The van der Waals surface area contributed by atoms with Gasteiger partial charge in [-0.2, -0.15) is 0 Å². The van der Waals surface area contributed by atoms with E-state index in [1.807, 2.05) is 0 Å². The summed E-state index contributed by atoms with van der Waals surface area (Å²) in [5, 5.41) is 0.663. The van der Waals surface area contributed by atoms with Gasteiger partial charge in [-0.25, -0.2) is 13.2 Å². The van der Waals surface area contributed by atoms with E-state index < -0.39 is 28.8 Å². The lowest BCUT2D eigenvalue weighted by Gasteiger charge is -2.18. The normalized spacial score (nSPS) is 11.0. The zero-order valence-corrected chi connectivity index (χ0v) is 19.3. The Balaban J connectivity index is 2.15. The molecule has 0 heterocycles. The summed E-state index contributed by atoms with van der Waals surface area (Å²) in [4.78, 5) is 13.6. The Labute approximate surface area is 203 Å². The Morgan fingerprint density at radius 1 is 0.667 bits per heavy atom. The van der Waals surface area contributed by atoms with Gasteiger partial charge in [0.2, 0.25) is 0 Å². The minimum absolute atomic E-state index is 0.0697. The predicted octanol–water partition coefficient (Wildman–Crippen LogP) is 8.94. The molecule has 0 aliphatic carbocycles. The highest BCUT2D eigenvalue weighted by atomic mass is 35.5. The SMILES string of the molecule is Cc1cc(-c2c(F)c(F)c(F)c(-c3ccc(Cl)c(Cl)c3)c2C(=O)c2ccccc2)ccc1Cl. The molecule has 0 spiro atoms. The minimum atomic E-state index is -1.71. The van der Waals surface area contributed by atoms with Gasteiger partial charge < -0.3 is 0 Å². The third kappa shape index (κ3) is 4.26. The average Bonchev–Trinajstić information content (AvgIpc) is 2.81. The number of halogens is 6. The fraction of sp³-hybridized carbons (Fsp3) is 0.0385. The summed E-state index contributed by atoms with van der Waals surface area (Å²) in [6.45, 7) is 1.68. The highest BCUT2D eigenvalue weighted by Crippen LogP contribution is 2.41. The van der Waals surface area contributed by atoms with Crippen molar-refractivity contribution in [2.45, 2.75) is 6.92 Å². The summed E-state index contributed by atoms with van der Waals surface area (Å²) in [7, 11) is 0. The van der Waals surface area contributed by atoms with E-state index in [-0.39, 0.29) is 37.9 Å². The Morgan fingerprint density at radius 3 is 1.76 bits per heavy atom. The molecule has 166 valence electrons. The summed E-state index contributed by atoms with van der Waals surface area (Å²) in [6, 6.07) is 16.5. The quantitative estimate of drug-likeness (QED) is 0.200. The van der Waals surface area contributed by atoms with Gasteiger partial charge in [0.1, 0.15) is 0 Å². The highest BCUT2D eigenvalue weighted by Gasteiger charge is 2.31. The Kier molecular flexibility index (Phi) is 6.53. The van der Waals surface area contributed by atoms with Crippen LogP contribution >= 0.6 is 34.8 Å². The van der Waals surface area contributed by atoms with Crippen LogP contribution < -0.4 is 0 Å². The maximum atomic E-state index is 15.3. The second-order valence-corrected chi connectivity index (χ2v) is 8.58. The minimum Gasteiger partial charge on any atom is -0.289 e. The zero-order chi connectivity index (χ0) is 23.9. The van der Waals surface area contributed by atoms with Gasteiger partial charge in [0.05, 0.1) is 10.0 Å². The van der Waals surface area contributed by atoms with Crippen LogP contribution in [-0.2, 0) is 0 Å². The van der Waals surface area contributed by atoms with Gasteiger partial charge in [-0.1, -0.05) is 77.3 Å². The first-order valence-corrected chi connectivity index (χ1v) is 10.9. The van der Waals surface area contributed by atoms with Gasteiger partial charge in [0.15, 0.2) is 23.2 Å². The fourth-order valence-corrected chi connectivity index (χ4v) is 4.03. The number of benzene rings is 4. The van der Waals surface area contributed by atoms with E-state index in [1.165, 1.54) is 48.5 Å². The smallest absolute Gasteiger partial charge is 0.195 e. The van der Waals surface area contributed by atoms with Crippen LogP contribution in [0.1, 0.15) is 21.5 Å². The highest BCUT2D eigenvalue weighted by molar-refractivity contribution is 6.42. The van der Waals surface area contributed by atoms with Gasteiger partial charge in [0, 0.05) is 27.3 Å². The van der Waals surface area contributed by atoms with Crippen LogP contribution in [0.2, 0.25) is 15.1 Å². The van der Waals surface area contributed by atoms with Crippen molar-refractivity contribution >= 4 is 40.6 Å². The molecule has 0 fully saturated rings. The van der Waals surface area contributed by atoms with Gasteiger partial charge in [-0.05, 0) is 47.9 Å². The largest absolute Gasteiger partial charge is 0.289 e. The molecule has 0 amide bonds. The molecule has 4 aromatic rings. The van der Waals surface area contributed by atoms with Crippen molar-refractivity contribution in [2.24, 2.45) is 0 Å². The lowest BCUT2D eigenvalue weighted by molar-refractivity contribution is 0.103. The average molecular weight is 506 g/mol. The Morgan fingerprint density at radius 2 is 1.21 bits per heavy atom. The van der Waals surface area contributed by atoms with Crippen molar-refractivity contribution in [3.8, 4) is 22.3 Å². The van der Waals surface area contributed by atoms with Gasteiger partial charge in [-0.15, -0.1) is 0 Å². The van der Waals surface area contributed by atoms with E-state index in [9.17, 15) is 9.18 Å². The molecule has 7 heteroatoms. The van der Waals surface area contributed by atoms with E-state index >= 15 is 8.78 Å². The number of carbonyl (C=O) groups is 1. The number of aryl methyl sites for hydroxylation is 1. The molecule has 0 aliphatic heterocycles. The van der Waals surface area contributed by atoms with Gasteiger partial charge >= 0.3 is 0 Å². The van der Waals surface area contributed by atoms with Crippen LogP contribution in [0.4, 0.5) is 13.2 Å². The standard InChI is InChI=1S/C26H14Cl3F3O/c1-13-11-15(7-9-17(13)27)20-22(26(33)14-5-3-2-4-6-14)21(24(31)25(32)23(20)30)16-8-10-18(28)19(29)12-16/h2-12H,1H3. The van der Waals surface area contributed by atoms with Crippen molar-refractivity contribution in [3.05, 3.63) is 116 Å². The molecule has 4 aromatic carbocycles. The molecular formula is C26H14Cl3F3O. The van der Waals surface area contributed by atoms with Crippen molar-refractivity contribution in [2.75, 3.05) is 0 Å². The summed E-state index contributed by atoms with van der Waals surface area (Å²) in [6.07, 6.45) is 0. The number of carbonyl (C=O) groups excluding carboxylic acids is 1. The molecule has 0 N–H and O–H groups in total. The molecule has 1 nitrogen and oxygen atoms in total. The summed E-state index contributed by atoms with van der Waals surface area (Å²) >= 11 is 18.2. The lowest BCUT2D eigenvalue weighted by Crippen LogP contribution is -2.12. The van der Waals surface area contributed by atoms with Crippen molar-refractivity contribution in [1.29, 1.82) is 0 Å². The van der Waals surface area contributed by atoms with E-state index in [4.69, 9.17) is 34.8 Å². The maximum absolute atomic E-state index is 15.3. The first-order chi connectivity index (χ1) is 15.7. The predicted molar refractivity (Wildman–Crippen MR) is 127 cm³/mol. The molecule has 4 rings (SSSR count). The number of hydrogen-bond acceptors (Lipinski definition) is 1. The van der Waals surface area contributed by atoms with Crippen LogP contribution in [0.25, 0.3) is 22.3 Å². The summed E-state index contributed by atoms with van der Waals surface area (Å²) in [5.74, 6) is -5.36. The second-order valence-electron chi connectivity index (χ2n) is 7.35. The molecule has 33 heavy (non-hydrogen) atoms. The molecule has 0 radical (unpaired) electrons. The van der Waals surface area contributed by atoms with Crippen LogP contribution in [0.3, 0.4) is 0 Å². The second kappa shape index (κ2) is 9.22. The summed E-state index contributed by atoms with van der Waals surface area (Å²) < 4.78 is 45.5. The van der Waals surface area contributed by atoms with Crippen molar-refractivity contribution in [3.63, 3.8) is 0 Å². The number of ketones is 1. The fourth-order valence-electron chi connectivity index (χ4n) is 3.62. The molecule has 0 saturated carbocycles. The van der Waals surface area contributed by atoms with E-state index in [0.29, 0.717) is 10.6 Å². The van der Waals surface area contributed by atoms with Gasteiger partial charge in [-0.3, -0.25) is 4.79 Å². The Hall–Kier alpha value is -2.79. The molecule has 0 atom stereocenters. The number of hydrogen-bond donors (Lipinski definition) is 0. The molecule has 0 aromatic heterocycles. The molecule has 0 aliphatic rings. The summed E-state index contributed by atoms with van der Waals surface area (Å²) in [5.41, 5.74) is -0.116. The van der Waals surface area contributed by atoms with E-state index in [0.717, 1.165) is 0 Å². The molecule has 0 bridgehead atoms.